The van der Waals surface area contributed by atoms with E-state index in [9.17, 15) is 18.0 Å². The van der Waals surface area contributed by atoms with Gasteiger partial charge in [-0.05, 0) is 37.3 Å². The Labute approximate surface area is 211 Å². The van der Waals surface area contributed by atoms with Gasteiger partial charge in [-0.2, -0.15) is 31.8 Å². The molecule has 12 heteroatoms. The van der Waals surface area contributed by atoms with Gasteiger partial charge in [-0.15, -0.1) is 0 Å². The molecule has 0 saturated carbocycles. The fourth-order valence-electron chi connectivity index (χ4n) is 3.89. The standard InChI is InChI=1S/C22H16ClF3N6O.CH4.H2S/c1-12-11-31(14-4-5-16(17(23)7-14)22(24,25)26)21(33)19-15(9-29-32(12)19)18-10-28-20(30-18)13-3-2-6-27-8-13;;/h2-10,12H,11H2,1H3,(H,28,30);1H4;1H2/t12-;;/m0../s1. The van der Waals surface area contributed by atoms with E-state index in [4.69, 9.17) is 11.6 Å². The van der Waals surface area contributed by atoms with Gasteiger partial charge in [0.25, 0.3) is 5.91 Å². The number of alkyl halides is 3. The van der Waals surface area contributed by atoms with Gasteiger partial charge >= 0.3 is 6.18 Å². The van der Waals surface area contributed by atoms with Crippen molar-refractivity contribution in [1.29, 1.82) is 0 Å². The second-order valence-electron chi connectivity index (χ2n) is 7.67. The number of amides is 1. The number of nitrogens with one attached hydrogen (secondary N) is 1. The number of hydrogen-bond donors (Lipinski definition) is 1. The monoisotopic (exact) mass is 522 g/mol. The highest BCUT2D eigenvalue weighted by atomic mass is 35.5. The van der Waals surface area contributed by atoms with Crippen molar-refractivity contribution in [3.63, 3.8) is 0 Å². The lowest BCUT2D eigenvalue weighted by molar-refractivity contribution is -0.137. The number of rotatable bonds is 3. The number of nitrogens with zero attached hydrogens (tertiary/aromatic N) is 5. The zero-order valence-electron chi connectivity index (χ0n) is 17.6. The second-order valence-corrected chi connectivity index (χ2v) is 8.07. The Hall–Kier alpha value is -3.31. The Morgan fingerprint density at radius 3 is 2.60 bits per heavy atom. The number of anilines is 1. The summed E-state index contributed by atoms with van der Waals surface area (Å²) < 4.78 is 40.9. The van der Waals surface area contributed by atoms with E-state index >= 15 is 0 Å². The predicted octanol–water partition coefficient (Wildman–Crippen LogP) is 5.98. The number of aromatic nitrogens is 5. The normalized spacial score (nSPS) is 15.3. The minimum atomic E-state index is -4.58. The molecule has 184 valence electrons. The molecule has 3 aromatic heterocycles. The lowest BCUT2D eigenvalue weighted by atomic mass is 10.1. The number of fused-ring (bicyclic) bond motifs is 1. The molecule has 0 saturated heterocycles. The molecule has 1 aliphatic rings. The van der Waals surface area contributed by atoms with Crippen molar-refractivity contribution in [1.82, 2.24) is 24.7 Å². The van der Waals surface area contributed by atoms with Crippen LogP contribution in [0.2, 0.25) is 5.02 Å². The first-order chi connectivity index (χ1) is 15.7. The fourth-order valence-corrected chi connectivity index (χ4v) is 4.17. The maximum atomic E-state index is 13.4. The Bertz CT molecular complexity index is 1360. The van der Waals surface area contributed by atoms with Gasteiger partial charge in [0.1, 0.15) is 11.5 Å². The molecule has 1 amide bonds. The third kappa shape index (κ3) is 4.65. The largest absolute Gasteiger partial charge is 0.417 e. The molecular weight excluding hydrogens is 501 g/mol. The first-order valence-electron chi connectivity index (χ1n) is 9.96. The number of aromatic amines is 1. The van der Waals surface area contributed by atoms with Crippen LogP contribution in [0.15, 0.2) is 55.1 Å². The van der Waals surface area contributed by atoms with E-state index in [1.165, 1.54) is 11.0 Å². The molecule has 0 radical (unpaired) electrons. The Morgan fingerprint density at radius 2 is 1.94 bits per heavy atom. The van der Waals surface area contributed by atoms with Crippen molar-refractivity contribution in [3.05, 3.63) is 71.4 Å². The molecule has 4 aromatic rings. The van der Waals surface area contributed by atoms with Gasteiger partial charge in [-0.3, -0.25) is 14.5 Å². The molecule has 1 aliphatic heterocycles. The van der Waals surface area contributed by atoms with E-state index in [-0.39, 0.29) is 39.2 Å². The predicted molar refractivity (Wildman–Crippen MR) is 133 cm³/mol. The van der Waals surface area contributed by atoms with Gasteiger partial charge in [0.15, 0.2) is 0 Å². The first-order valence-corrected chi connectivity index (χ1v) is 10.3. The van der Waals surface area contributed by atoms with E-state index in [1.807, 2.05) is 13.0 Å². The van der Waals surface area contributed by atoms with E-state index in [0.29, 0.717) is 22.8 Å². The van der Waals surface area contributed by atoms with Crippen LogP contribution in [0.3, 0.4) is 0 Å². The number of carbonyl (C=O) groups is 1. The van der Waals surface area contributed by atoms with E-state index in [2.05, 4.69) is 20.1 Å². The summed E-state index contributed by atoms with van der Waals surface area (Å²) in [5.41, 5.74) is 1.55. The molecule has 0 unspecified atom stereocenters. The lowest BCUT2D eigenvalue weighted by Crippen LogP contribution is -2.42. The van der Waals surface area contributed by atoms with Crippen LogP contribution in [-0.4, -0.2) is 37.2 Å². The average Bonchev–Trinajstić information content (AvgIpc) is 3.43. The molecule has 0 spiro atoms. The third-order valence-electron chi connectivity index (χ3n) is 5.48. The minimum absolute atomic E-state index is 0. The summed E-state index contributed by atoms with van der Waals surface area (Å²) in [4.78, 5) is 26.5. The van der Waals surface area contributed by atoms with Crippen LogP contribution in [0, 0.1) is 0 Å². The zero-order chi connectivity index (χ0) is 23.3. The third-order valence-corrected chi connectivity index (χ3v) is 5.79. The van der Waals surface area contributed by atoms with Crippen molar-refractivity contribution >= 4 is 36.7 Å². The molecule has 5 rings (SSSR count). The van der Waals surface area contributed by atoms with Crippen molar-refractivity contribution in [2.45, 2.75) is 26.6 Å². The van der Waals surface area contributed by atoms with E-state index in [1.54, 1.807) is 35.5 Å². The van der Waals surface area contributed by atoms with Crippen molar-refractivity contribution in [3.8, 4) is 22.6 Å². The van der Waals surface area contributed by atoms with Crippen LogP contribution in [0.1, 0.15) is 36.4 Å². The highest BCUT2D eigenvalue weighted by Gasteiger charge is 2.36. The summed E-state index contributed by atoms with van der Waals surface area (Å²) in [6.45, 7) is 2.11. The quantitative estimate of drug-likeness (QED) is 0.359. The van der Waals surface area contributed by atoms with Crippen LogP contribution in [0.25, 0.3) is 22.6 Å². The highest BCUT2D eigenvalue weighted by Crippen LogP contribution is 2.38. The summed E-state index contributed by atoms with van der Waals surface area (Å²) >= 11 is 5.89. The summed E-state index contributed by atoms with van der Waals surface area (Å²) in [7, 11) is 0. The molecule has 1 N–H and O–H groups in total. The highest BCUT2D eigenvalue weighted by molar-refractivity contribution is 7.59. The molecular formula is C23H22ClF3N6OS. The molecule has 0 fully saturated rings. The van der Waals surface area contributed by atoms with Gasteiger partial charge in [0, 0.05) is 30.2 Å². The molecule has 7 nitrogen and oxygen atoms in total. The van der Waals surface area contributed by atoms with E-state index in [0.717, 1.165) is 17.7 Å². The van der Waals surface area contributed by atoms with Crippen molar-refractivity contribution in [2.75, 3.05) is 11.4 Å². The van der Waals surface area contributed by atoms with Crippen molar-refractivity contribution in [2.24, 2.45) is 0 Å². The Kier molecular flexibility index (Phi) is 7.32. The molecule has 0 aliphatic carbocycles. The number of carbonyl (C=O) groups excluding carboxylic acids is 1. The zero-order valence-corrected chi connectivity index (χ0v) is 19.4. The average molecular weight is 523 g/mol. The van der Waals surface area contributed by atoms with Gasteiger partial charge in [0.05, 0.1) is 40.3 Å². The Morgan fingerprint density at radius 1 is 1.17 bits per heavy atom. The van der Waals surface area contributed by atoms with Gasteiger partial charge in [0.2, 0.25) is 0 Å². The number of benzene rings is 1. The smallest absolute Gasteiger partial charge is 0.338 e. The maximum Gasteiger partial charge on any atom is 0.417 e. The number of pyridine rings is 1. The summed E-state index contributed by atoms with van der Waals surface area (Å²) in [5.74, 6) is 0.190. The number of hydrogen-bond acceptors (Lipinski definition) is 4. The molecule has 35 heavy (non-hydrogen) atoms. The van der Waals surface area contributed by atoms with Gasteiger partial charge in [-0.1, -0.05) is 19.0 Å². The molecule has 0 bridgehead atoms. The Balaban J connectivity index is 0.00000171. The minimum Gasteiger partial charge on any atom is -0.338 e. The van der Waals surface area contributed by atoms with E-state index < -0.39 is 22.7 Å². The number of H-pyrrole nitrogens is 1. The van der Waals surface area contributed by atoms with Crippen LogP contribution in [-0.2, 0) is 6.18 Å². The SMILES string of the molecule is C.C[C@H]1CN(c2ccc(C(F)(F)F)c(Cl)c2)C(=O)c2c(-c3cnc(-c4cccnc4)[nH]3)cnn21.S. The number of imidazole rings is 1. The maximum absolute atomic E-state index is 13.4. The van der Waals surface area contributed by atoms with Crippen LogP contribution in [0.4, 0.5) is 18.9 Å². The molecule has 4 heterocycles. The molecule has 1 aromatic carbocycles. The van der Waals surface area contributed by atoms with Crippen LogP contribution in [0.5, 0.6) is 0 Å². The van der Waals surface area contributed by atoms with Crippen LogP contribution < -0.4 is 4.90 Å². The summed E-state index contributed by atoms with van der Waals surface area (Å²) in [6.07, 6.45) is 1.93. The second kappa shape index (κ2) is 9.74. The lowest BCUT2D eigenvalue weighted by Gasteiger charge is -2.32. The van der Waals surface area contributed by atoms with Crippen LogP contribution >= 0.6 is 25.1 Å². The topological polar surface area (TPSA) is 79.7 Å². The van der Waals surface area contributed by atoms with Gasteiger partial charge < -0.3 is 9.88 Å². The van der Waals surface area contributed by atoms with Gasteiger partial charge in [-0.25, -0.2) is 4.98 Å². The first kappa shape index (κ1) is 26.3. The number of halogens is 4. The summed E-state index contributed by atoms with van der Waals surface area (Å²) in [5, 5.41) is 3.91. The molecule has 1 atom stereocenters. The fraction of sp³-hybridized carbons (Fsp3) is 0.217. The van der Waals surface area contributed by atoms with Crippen molar-refractivity contribution < 1.29 is 18.0 Å². The summed E-state index contributed by atoms with van der Waals surface area (Å²) in [6, 6.07) is 6.73.